The van der Waals surface area contributed by atoms with E-state index in [-0.39, 0.29) is 11.9 Å². The van der Waals surface area contributed by atoms with Gasteiger partial charge in [0.2, 0.25) is 5.54 Å². The van der Waals surface area contributed by atoms with Crippen LogP contribution >= 0.6 is 0 Å². The van der Waals surface area contributed by atoms with Crippen LogP contribution in [0.25, 0.3) is 0 Å². The van der Waals surface area contributed by atoms with Gasteiger partial charge in [-0.2, -0.15) is 0 Å². The van der Waals surface area contributed by atoms with Gasteiger partial charge in [0.1, 0.15) is 11.5 Å². The number of guanidine groups is 1. The van der Waals surface area contributed by atoms with Crippen molar-refractivity contribution in [3.05, 3.63) is 54.0 Å². The Morgan fingerprint density at radius 1 is 1.33 bits per heavy atom. The number of hydrogen-bond donors (Lipinski definition) is 2. The molecule has 1 aliphatic heterocycles. The van der Waals surface area contributed by atoms with Crippen LogP contribution in [-0.4, -0.2) is 19.0 Å². The van der Waals surface area contributed by atoms with Gasteiger partial charge in [0.25, 0.3) is 5.91 Å². The zero-order valence-corrected chi connectivity index (χ0v) is 11.5. The van der Waals surface area contributed by atoms with Crippen molar-refractivity contribution in [1.82, 2.24) is 5.32 Å². The molecule has 1 unspecified atom stereocenters. The zero-order valence-electron chi connectivity index (χ0n) is 11.5. The Hall–Kier alpha value is -2.76. The molecule has 1 aromatic heterocycles. The Morgan fingerprint density at radius 3 is 2.62 bits per heavy atom. The number of carbonyl (C=O) groups is 1. The van der Waals surface area contributed by atoms with Crippen molar-refractivity contribution in [1.29, 1.82) is 0 Å². The summed E-state index contributed by atoms with van der Waals surface area (Å²) < 4.78 is 10.5. The number of rotatable bonds is 4. The molecule has 1 amide bonds. The van der Waals surface area contributed by atoms with E-state index in [1.165, 1.54) is 6.26 Å². The van der Waals surface area contributed by atoms with E-state index in [4.69, 9.17) is 14.9 Å². The van der Waals surface area contributed by atoms with Crippen LogP contribution in [0.1, 0.15) is 11.3 Å². The second kappa shape index (κ2) is 4.97. The highest BCUT2D eigenvalue weighted by molar-refractivity contribution is 6.07. The number of benzene rings is 1. The second-order valence-electron chi connectivity index (χ2n) is 4.81. The number of furan rings is 1. The van der Waals surface area contributed by atoms with Gasteiger partial charge in [-0.3, -0.25) is 10.1 Å². The Bertz CT molecular complexity index is 677. The lowest BCUT2D eigenvalue weighted by molar-refractivity contribution is -0.124. The van der Waals surface area contributed by atoms with E-state index in [2.05, 4.69) is 10.3 Å². The molecule has 2 heterocycles. The van der Waals surface area contributed by atoms with Crippen molar-refractivity contribution in [2.24, 2.45) is 10.7 Å². The maximum atomic E-state index is 12.3. The van der Waals surface area contributed by atoms with E-state index in [0.717, 1.165) is 11.3 Å². The molecular formula is C15H15N3O3. The molecule has 0 saturated heterocycles. The smallest absolute Gasteiger partial charge is 0.262 e. The summed E-state index contributed by atoms with van der Waals surface area (Å²) in [5.74, 6) is 1.04. The molecule has 0 bridgehead atoms. The van der Waals surface area contributed by atoms with Gasteiger partial charge in [-0.25, -0.2) is 4.99 Å². The Kier molecular flexibility index (Phi) is 3.13. The second-order valence-corrected chi connectivity index (χ2v) is 4.81. The lowest BCUT2D eigenvalue weighted by Gasteiger charge is -2.21. The van der Waals surface area contributed by atoms with Gasteiger partial charge in [-0.15, -0.1) is 0 Å². The fourth-order valence-corrected chi connectivity index (χ4v) is 2.43. The molecule has 6 nitrogen and oxygen atoms in total. The number of carbonyl (C=O) groups excluding carboxylic acids is 1. The molecule has 1 aromatic carbocycles. The van der Waals surface area contributed by atoms with E-state index in [1.807, 2.05) is 24.3 Å². The lowest BCUT2D eigenvalue weighted by atomic mass is 9.88. The molecule has 6 heteroatoms. The summed E-state index contributed by atoms with van der Waals surface area (Å²) in [4.78, 5) is 16.6. The van der Waals surface area contributed by atoms with Crippen molar-refractivity contribution in [3.8, 4) is 5.75 Å². The molecule has 2 aromatic rings. The van der Waals surface area contributed by atoms with Crippen molar-refractivity contribution in [2.45, 2.75) is 12.0 Å². The first kappa shape index (κ1) is 13.2. The van der Waals surface area contributed by atoms with Crippen molar-refractivity contribution >= 4 is 11.9 Å². The summed E-state index contributed by atoms with van der Waals surface area (Å²) >= 11 is 0. The first-order chi connectivity index (χ1) is 10.1. The number of aliphatic imine (C=N–C) groups is 1. The van der Waals surface area contributed by atoms with E-state index in [9.17, 15) is 4.79 Å². The van der Waals surface area contributed by atoms with Crippen LogP contribution in [0.5, 0.6) is 5.75 Å². The van der Waals surface area contributed by atoms with Crippen LogP contribution in [0.15, 0.2) is 52.1 Å². The number of amides is 1. The minimum atomic E-state index is -1.15. The first-order valence-corrected chi connectivity index (χ1v) is 6.48. The molecule has 0 spiro atoms. The van der Waals surface area contributed by atoms with Gasteiger partial charge in [0.05, 0.1) is 13.4 Å². The third-order valence-corrected chi connectivity index (χ3v) is 3.48. The number of hydrogen-bond acceptors (Lipinski definition) is 5. The SMILES string of the molecule is COc1ccc(CC2(c3ccco3)N=C(N)NC2=O)cc1. The monoisotopic (exact) mass is 285 g/mol. The number of methoxy groups -OCH3 is 1. The highest BCUT2D eigenvalue weighted by Gasteiger charge is 2.47. The lowest BCUT2D eigenvalue weighted by Crippen LogP contribution is -2.40. The normalized spacial score (nSPS) is 21.0. The molecule has 1 aliphatic rings. The van der Waals surface area contributed by atoms with Crippen molar-refractivity contribution in [3.63, 3.8) is 0 Å². The van der Waals surface area contributed by atoms with Gasteiger partial charge in [-0.1, -0.05) is 12.1 Å². The third-order valence-electron chi connectivity index (χ3n) is 3.48. The molecular weight excluding hydrogens is 270 g/mol. The molecule has 1 atom stereocenters. The molecule has 108 valence electrons. The largest absolute Gasteiger partial charge is 0.497 e. The molecule has 0 fully saturated rings. The Balaban J connectivity index is 1.99. The molecule has 0 saturated carbocycles. The van der Waals surface area contributed by atoms with Crippen LogP contribution in [0.3, 0.4) is 0 Å². The maximum absolute atomic E-state index is 12.3. The minimum Gasteiger partial charge on any atom is -0.497 e. The summed E-state index contributed by atoms with van der Waals surface area (Å²) in [6, 6.07) is 10.9. The average Bonchev–Trinajstić information content (AvgIpc) is 3.09. The van der Waals surface area contributed by atoms with Crippen LogP contribution < -0.4 is 15.8 Å². The Morgan fingerprint density at radius 2 is 2.10 bits per heavy atom. The highest BCUT2D eigenvalue weighted by Crippen LogP contribution is 2.33. The zero-order chi connectivity index (χ0) is 14.9. The first-order valence-electron chi connectivity index (χ1n) is 6.48. The number of ether oxygens (including phenoxy) is 1. The predicted octanol–water partition coefficient (Wildman–Crippen LogP) is 1.17. The van der Waals surface area contributed by atoms with Gasteiger partial charge >= 0.3 is 0 Å². The third kappa shape index (κ3) is 2.24. The molecule has 21 heavy (non-hydrogen) atoms. The fourth-order valence-electron chi connectivity index (χ4n) is 2.43. The summed E-state index contributed by atoms with van der Waals surface area (Å²) in [6.07, 6.45) is 1.87. The topological polar surface area (TPSA) is 89.8 Å². The van der Waals surface area contributed by atoms with Crippen molar-refractivity contribution < 1.29 is 13.9 Å². The predicted molar refractivity (Wildman–Crippen MR) is 76.8 cm³/mol. The van der Waals surface area contributed by atoms with Crippen LogP contribution in [0, 0.1) is 0 Å². The van der Waals surface area contributed by atoms with Gasteiger partial charge in [-0.05, 0) is 29.8 Å². The number of nitrogens with zero attached hydrogens (tertiary/aromatic N) is 1. The van der Waals surface area contributed by atoms with Crippen molar-refractivity contribution in [2.75, 3.05) is 7.11 Å². The van der Waals surface area contributed by atoms with E-state index in [1.54, 1.807) is 19.2 Å². The molecule has 0 aliphatic carbocycles. The summed E-state index contributed by atoms with van der Waals surface area (Å²) in [6.45, 7) is 0. The summed E-state index contributed by atoms with van der Waals surface area (Å²) in [5, 5.41) is 2.54. The standard InChI is InChI=1S/C15H15N3O3/c1-20-11-6-4-10(5-7-11)9-15(12-3-2-8-21-12)13(19)17-14(16)18-15/h2-8H,9H2,1H3,(H3,16,17,18,19). The van der Waals surface area contributed by atoms with Crippen LogP contribution in [0.2, 0.25) is 0 Å². The van der Waals surface area contributed by atoms with Gasteiger partial charge in [0.15, 0.2) is 5.96 Å². The number of nitrogens with one attached hydrogen (secondary N) is 1. The maximum Gasteiger partial charge on any atom is 0.262 e. The summed E-state index contributed by atoms with van der Waals surface area (Å²) in [7, 11) is 1.61. The van der Waals surface area contributed by atoms with E-state index >= 15 is 0 Å². The van der Waals surface area contributed by atoms with Gasteiger partial charge < -0.3 is 14.9 Å². The number of nitrogens with two attached hydrogens (primary N) is 1. The van der Waals surface area contributed by atoms with E-state index in [0.29, 0.717) is 12.2 Å². The highest BCUT2D eigenvalue weighted by atomic mass is 16.5. The molecule has 3 N–H and O–H groups in total. The average molecular weight is 285 g/mol. The van der Waals surface area contributed by atoms with Gasteiger partial charge in [0, 0.05) is 6.42 Å². The van der Waals surface area contributed by atoms with Crippen LogP contribution in [-0.2, 0) is 16.8 Å². The molecule has 3 rings (SSSR count). The van der Waals surface area contributed by atoms with Crippen LogP contribution in [0.4, 0.5) is 0 Å². The van der Waals surface area contributed by atoms with E-state index < -0.39 is 5.54 Å². The minimum absolute atomic E-state index is 0.102. The molecule has 0 radical (unpaired) electrons. The Labute approximate surface area is 121 Å². The fraction of sp³-hybridized carbons (Fsp3) is 0.200. The quantitative estimate of drug-likeness (QED) is 0.882. The summed E-state index contributed by atoms with van der Waals surface area (Å²) in [5.41, 5.74) is 5.44.